The first kappa shape index (κ1) is 18.1. The van der Waals surface area contributed by atoms with Crippen LogP contribution < -0.4 is 16.4 Å². The average Bonchev–Trinajstić information content (AvgIpc) is 2.42. The maximum Gasteiger partial charge on any atom is 0.239 e. The summed E-state index contributed by atoms with van der Waals surface area (Å²) in [6.07, 6.45) is 6.38. The molecule has 19 heavy (non-hydrogen) atoms. The molecule has 0 aliphatic heterocycles. The molecule has 0 radical (unpaired) electrons. The number of halogens is 1. The number of hydrogen-bond donors (Lipinski definition) is 3. The first-order valence-corrected chi connectivity index (χ1v) is 6.57. The van der Waals surface area contributed by atoms with Gasteiger partial charge in [-0.05, 0) is 12.8 Å². The van der Waals surface area contributed by atoms with Crippen molar-refractivity contribution >= 4 is 24.2 Å². The third-order valence-corrected chi connectivity index (χ3v) is 2.96. The van der Waals surface area contributed by atoms with E-state index in [2.05, 4.69) is 10.6 Å². The number of rotatable bonds is 7. The Hall–Kier alpha value is -0.850. The van der Waals surface area contributed by atoms with Crippen LogP contribution in [0.25, 0.3) is 0 Å². The number of amides is 2. The van der Waals surface area contributed by atoms with Gasteiger partial charge in [0.05, 0.1) is 25.8 Å². The Labute approximate surface area is 120 Å². The predicted octanol–water partition coefficient (Wildman–Crippen LogP) is -0.0514. The molecular formula is C12H24ClN3O3. The topological polar surface area (TPSA) is 93.5 Å². The lowest BCUT2D eigenvalue weighted by atomic mass is 9.98. The lowest BCUT2D eigenvalue weighted by molar-refractivity contribution is -0.125. The Morgan fingerprint density at radius 3 is 2.42 bits per heavy atom. The van der Waals surface area contributed by atoms with E-state index >= 15 is 0 Å². The Morgan fingerprint density at radius 2 is 1.79 bits per heavy atom. The van der Waals surface area contributed by atoms with Gasteiger partial charge in [-0.15, -0.1) is 12.4 Å². The van der Waals surface area contributed by atoms with Crippen LogP contribution in [-0.2, 0) is 14.3 Å². The fraction of sp³-hybridized carbons (Fsp3) is 0.833. The van der Waals surface area contributed by atoms with Crippen LogP contribution in [0.5, 0.6) is 0 Å². The zero-order valence-electron chi connectivity index (χ0n) is 11.2. The molecule has 0 heterocycles. The van der Waals surface area contributed by atoms with E-state index in [-0.39, 0.29) is 37.3 Å². The predicted molar refractivity (Wildman–Crippen MR) is 75.1 cm³/mol. The monoisotopic (exact) mass is 293 g/mol. The van der Waals surface area contributed by atoms with E-state index in [1.807, 2.05) is 0 Å². The molecule has 0 unspecified atom stereocenters. The van der Waals surface area contributed by atoms with Gasteiger partial charge in [-0.25, -0.2) is 0 Å². The van der Waals surface area contributed by atoms with Crippen molar-refractivity contribution in [2.45, 2.75) is 38.2 Å². The Balaban J connectivity index is 0.00000324. The van der Waals surface area contributed by atoms with Crippen LogP contribution in [-0.4, -0.2) is 44.2 Å². The fourth-order valence-electron chi connectivity index (χ4n) is 1.96. The van der Waals surface area contributed by atoms with Crippen molar-refractivity contribution in [3.05, 3.63) is 0 Å². The van der Waals surface area contributed by atoms with E-state index in [0.717, 1.165) is 12.8 Å². The normalized spacial score (nSPS) is 15.4. The SMILES string of the molecule is Cl.NCC(=O)NCC(=O)NCCOC1CCCCC1. The molecule has 1 rings (SSSR count). The molecule has 0 aromatic heterocycles. The molecule has 0 aromatic carbocycles. The van der Waals surface area contributed by atoms with Gasteiger partial charge in [-0.3, -0.25) is 9.59 Å². The van der Waals surface area contributed by atoms with Crippen LogP contribution in [0.3, 0.4) is 0 Å². The third-order valence-electron chi connectivity index (χ3n) is 2.96. The zero-order chi connectivity index (χ0) is 13.2. The minimum Gasteiger partial charge on any atom is -0.376 e. The fourth-order valence-corrected chi connectivity index (χ4v) is 1.96. The summed E-state index contributed by atoms with van der Waals surface area (Å²) in [7, 11) is 0. The molecule has 1 aliphatic carbocycles. The van der Waals surface area contributed by atoms with Gasteiger partial charge in [-0.1, -0.05) is 19.3 Å². The molecule has 0 bridgehead atoms. The lowest BCUT2D eigenvalue weighted by Crippen LogP contribution is -2.40. The van der Waals surface area contributed by atoms with Gasteiger partial charge in [0.25, 0.3) is 0 Å². The van der Waals surface area contributed by atoms with Gasteiger partial charge >= 0.3 is 0 Å². The minimum absolute atomic E-state index is 0. The van der Waals surface area contributed by atoms with Gasteiger partial charge < -0.3 is 21.1 Å². The number of ether oxygens (including phenoxy) is 1. The number of nitrogens with two attached hydrogens (primary N) is 1. The van der Waals surface area contributed by atoms with E-state index in [9.17, 15) is 9.59 Å². The highest BCUT2D eigenvalue weighted by Crippen LogP contribution is 2.19. The van der Waals surface area contributed by atoms with Crippen LogP contribution >= 0.6 is 12.4 Å². The summed E-state index contributed by atoms with van der Waals surface area (Å²) < 4.78 is 5.66. The van der Waals surface area contributed by atoms with E-state index < -0.39 is 0 Å². The highest BCUT2D eigenvalue weighted by molar-refractivity contribution is 5.85. The molecule has 0 spiro atoms. The molecule has 7 heteroatoms. The highest BCUT2D eigenvalue weighted by atomic mass is 35.5. The van der Waals surface area contributed by atoms with Crippen LogP contribution in [0.1, 0.15) is 32.1 Å². The molecule has 0 atom stereocenters. The second-order valence-corrected chi connectivity index (χ2v) is 4.46. The smallest absolute Gasteiger partial charge is 0.239 e. The standard InChI is InChI=1S/C12H23N3O3.ClH/c13-8-11(16)15-9-12(17)14-6-7-18-10-4-2-1-3-5-10;/h10H,1-9,13H2,(H,14,17)(H,15,16);1H. The molecule has 1 saturated carbocycles. The minimum atomic E-state index is -0.330. The summed E-state index contributed by atoms with van der Waals surface area (Å²) in [5.74, 6) is -0.548. The Kier molecular flexibility index (Phi) is 10.5. The maximum absolute atomic E-state index is 11.3. The van der Waals surface area contributed by atoms with E-state index in [4.69, 9.17) is 10.5 Å². The van der Waals surface area contributed by atoms with Crippen molar-refractivity contribution in [3.63, 3.8) is 0 Å². The van der Waals surface area contributed by atoms with Gasteiger partial charge in [-0.2, -0.15) is 0 Å². The second kappa shape index (κ2) is 11.0. The van der Waals surface area contributed by atoms with E-state index in [1.54, 1.807) is 0 Å². The van der Waals surface area contributed by atoms with Crippen LogP contribution in [0.4, 0.5) is 0 Å². The van der Waals surface area contributed by atoms with Crippen molar-refractivity contribution in [1.29, 1.82) is 0 Å². The average molecular weight is 294 g/mol. The number of nitrogens with one attached hydrogen (secondary N) is 2. The van der Waals surface area contributed by atoms with Crippen LogP contribution in [0.2, 0.25) is 0 Å². The Morgan fingerprint density at radius 1 is 1.11 bits per heavy atom. The summed E-state index contributed by atoms with van der Waals surface area (Å²) in [5.41, 5.74) is 5.10. The van der Waals surface area contributed by atoms with E-state index in [0.29, 0.717) is 19.3 Å². The van der Waals surface area contributed by atoms with E-state index in [1.165, 1.54) is 19.3 Å². The van der Waals surface area contributed by atoms with Gasteiger partial charge in [0.1, 0.15) is 0 Å². The molecule has 1 fully saturated rings. The van der Waals surface area contributed by atoms with Crippen molar-refractivity contribution in [2.75, 3.05) is 26.2 Å². The van der Waals surface area contributed by atoms with Crippen molar-refractivity contribution < 1.29 is 14.3 Å². The zero-order valence-corrected chi connectivity index (χ0v) is 12.0. The number of carbonyl (C=O) groups is 2. The molecule has 4 N–H and O–H groups in total. The molecule has 6 nitrogen and oxygen atoms in total. The molecule has 112 valence electrons. The summed E-state index contributed by atoms with van der Waals surface area (Å²) in [6, 6.07) is 0. The molecule has 2 amide bonds. The first-order chi connectivity index (χ1) is 8.72. The van der Waals surface area contributed by atoms with Crippen LogP contribution in [0.15, 0.2) is 0 Å². The quantitative estimate of drug-likeness (QED) is 0.574. The summed E-state index contributed by atoms with van der Waals surface area (Å²) in [6.45, 7) is 0.882. The van der Waals surface area contributed by atoms with Crippen molar-refractivity contribution in [2.24, 2.45) is 5.73 Å². The Bertz CT molecular complexity index is 271. The summed E-state index contributed by atoms with van der Waals surface area (Å²) >= 11 is 0. The van der Waals surface area contributed by atoms with Gasteiger partial charge in [0.15, 0.2) is 0 Å². The largest absolute Gasteiger partial charge is 0.376 e. The third kappa shape index (κ3) is 8.80. The van der Waals surface area contributed by atoms with Gasteiger partial charge in [0.2, 0.25) is 11.8 Å². The maximum atomic E-state index is 11.3. The molecule has 0 saturated heterocycles. The van der Waals surface area contributed by atoms with Crippen molar-refractivity contribution in [3.8, 4) is 0 Å². The summed E-state index contributed by atoms with van der Waals surface area (Å²) in [5, 5.41) is 5.09. The number of hydrogen-bond acceptors (Lipinski definition) is 4. The second-order valence-electron chi connectivity index (χ2n) is 4.46. The molecule has 1 aliphatic rings. The summed E-state index contributed by atoms with van der Waals surface area (Å²) in [4.78, 5) is 22.1. The highest BCUT2D eigenvalue weighted by Gasteiger charge is 2.13. The number of carbonyl (C=O) groups excluding carboxylic acids is 2. The first-order valence-electron chi connectivity index (χ1n) is 6.57. The van der Waals surface area contributed by atoms with Crippen LogP contribution in [0, 0.1) is 0 Å². The van der Waals surface area contributed by atoms with Crippen molar-refractivity contribution in [1.82, 2.24) is 10.6 Å². The molecule has 0 aromatic rings. The van der Waals surface area contributed by atoms with Gasteiger partial charge in [0, 0.05) is 6.54 Å². The lowest BCUT2D eigenvalue weighted by Gasteiger charge is -2.21. The molecular weight excluding hydrogens is 270 g/mol.